The Balaban J connectivity index is 1.39. The van der Waals surface area contributed by atoms with Crippen LogP contribution < -0.4 is 4.74 Å². The third-order valence-corrected chi connectivity index (χ3v) is 4.77. The summed E-state index contributed by atoms with van der Waals surface area (Å²) in [4.78, 5) is 14.4. The maximum absolute atomic E-state index is 12.7. The zero-order valence-corrected chi connectivity index (χ0v) is 16.2. The van der Waals surface area contributed by atoms with E-state index in [0.29, 0.717) is 28.1 Å². The average molecular weight is 409 g/mol. The van der Waals surface area contributed by atoms with Gasteiger partial charge in [0.05, 0.1) is 18.2 Å². The molecule has 29 heavy (non-hydrogen) atoms. The van der Waals surface area contributed by atoms with Gasteiger partial charge in [0.15, 0.2) is 6.61 Å². The number of nitrogens with zero attached hydrogens (tertiary/aromatic N) is 4. The molecule has 1 fully saturated rings. The summed E-state index contributed by atoms with van der Waals surface area (Å²) in [5, 5.41) is 17.6. The lowest BCUT2D eigenvalue weighted by atomic mass is 10.2. The van der Waals surface area contributed by atoms with Crippen LogP contribution in [-0.4, -0.2) is 33.7 Å². The number of amides is 1. The minimum Gasteiger partial charge on any atom is -0.484 e. The van der Waals surface area contributed by atoms with Gasteiger partial charge in [-0.25, -0.2) is 0 Å². The molecule has 1 saturated carbocycles. The van der Waals surface area contributed by atoms with Crippen LogP contribution in [0.1, 0.15) is 24.3 Å². The first kappa shape index (κ1) is 19.0. The van der Waals surface area contributed by atoms with E-state index in [2.05, 4.69) is 10.2 Å². The molecule has 0 aliphatic heterocycles. The molecule has 146 valence electrons. The molecule has 0 spiro atoms. The Morgan fingerprint density at radius 1 is 1.17 bits per heavy atom. The van der Waals surface area contributed by atoms with E-state index in [9.17, 15) is 4.79 Å². The van der Waals surface area contributed by atoms with Crippen LogP contribution in [0.5, 0.6) is 5.75 Å². The van der Waals surface area contributed by atoms with E-state index in [1.54, 1.807) is 53.4 Å². The molecule has 1 aromatic heterocycles. The van der Waals surface area contributed by atoms with E-state index in [4.69, 9.17) is 26.0 Å². The fourth-order valence-electron chi connectivity index (χ4n) is 2.83. The second kappa shape index (κ2) is 8.33. The second-order valence-corrected chi connectivity index (χ2v) is 7.12. The Morgan fingerprint density at radius 2 is 1.90 bits per heavy atom. The number of hydrogen-bond donors (Lipinski definition) is 0. The topological polar surface area (TPSA) is 92.2 Å². The van der Waals surface area contributed by atoms with Crippen LogP contribution >= 0.6 is 11.6 Å². The molecule has 0 N–H and O–H groups in total. The Morgan fingerprint density at radius 3 is 2.55 bits per heavy atom. The van der Waals surface area contributed by atoms with Crippen LogP contribution in [0.2, 0.25) is 5.02 Å². The van der Waals surface area contributed by atoms with Crippen molar-refractivity contribution in [2.45, 2.75) is 25.4 Å². The van der Waals surface area contributed by atoms with Crippen LogP contribution in [0.15, 0.2) is 52.9 Å². The summed E-state index contributed by atoms with van der Waals surface area (Å²) in [6.45, 7) is 0.140. The predicted octanol–water partition coefficient (Wildman–Crippen LogP) is 3.83. The molecule has 3 aromatic rings. The molecule has 0 radical (unpaired) electrons. The van der Waals surface area contributed by atoms with Gasteiger partial charge in [0.25, 0.3) is 5.91 Å². The summed E-state index contributed by atoms with van der Waals surface area (Å²) in [5.41, 5.74) is 1.30. The van der Waals surface area contributed by atoms with Gasteiger partial charge in [-0.3, -0.25) is 4.79 Å². The van der Waals surface area contributed by atoms with E-state index in [1.807, 2.05) is 6.07 Å². The summed E-state index contributed by atoms with van der Waals surface area (Å²) in [6.07, 6.45) is 1.89. The van der Waals surface area contributed by atoms with Gasteiger partial charge in [-0.1, -0.05) is 11.6 Å². The van der Waals surface area contributed by atoms with Crippen molar-refractivity contribution in [1.82, 2.24) is 15.1 Å². The maximum Gasteiger partial charge on any atom is 0.261 e. The molecule has 8 heteroatoms. The molecular formula is C21H17ClN4O3. The van der Waals surface area contributed by atoms with Crippen LogP contribution in [0.25, 0.3) is 11.5 Å². The molecule has 4 rings (SSSR count). The van der Waals surface area contributed by atoms with E-state index in [-0.39, 0.29) is 25.1 Å². The Kier molecular flexibility index (Phi) is 5.45. The smallest absolute Gasteiger partial charge is 0.261 e. The lowest BCUT2D eigenvalue weighted by Crippen LogP contribution is -2.36. The van der Waals surface area contributed by atoms with Gasteiger partial charge in [-0.15, -0.1) is 10.2 Å². The Labute approximate surface area is 172 Å². The van der Waals surface area contributed by atoms with Gasteiger partial charge in [0.2, 0.25) is 11.8 Å². The number of carbonyl (C=O) groups is 1. The number of halogens is 1. The second-order valence-electron chi connectivity index (χ2n) is 6.69. The van der Waals surface area contributed by atoms with Gasteiger partial charge in [-0.2, -0.15) is 5.26 Å². The summed E-state index contributed by atoms with van der Waals surface area (Å²) in [5.74, 6) is 1.14. The summed E-state index contributed by atoms with van der Waals surface area (Å²) in [7, 11) is 0. The van der Waals surface area contributed by atoms with Crippen LogP contribution in [-0.2, 0) is 11.3 Å². The van der Waals surface area contributed by atoms with Gasteiger partial charge in [0, 0.05) is 16.6 Å². The quantitative estimate of drug-likeness (QED) is 0.589. The van der Waals surface area contributed by atoms with Gasteiger partial charge in [-0.05, 0) is 61.4 Å². The van der Waals surface area contributed by atoms with E-state index in [0.717, 1.165) is 18.4 Å². The van der Waals surface area contributed by atoms with Crippen LogP contribution in [0.4, 0.5) is 0 Å². The summed E-state index contributed by atoms with van der Waals surface area (Å²) >= 11 is 5.90. The number of nitriles is 1. The molecule has 1 aliphatic carbocycles. The predicted molar refractivity (Wildman–Crippen MR) is 105 cm³/mol. The minimum atomic E-state index is -0.150. The third-order valence-electron chi connectivity index (χ3n) is 4.52. The van der Waals surface area contributed by atoms with Crippen molar-refractivity contribution in [3.05, 3.63) is 65.0 Å². The summed E-state index contributed by atoms with van der Waals surface area (Å²) < 4.78 is 11.3. The molecule has 7 nitrogen and oxygen atoms in total. The minimum absolute atomic E-state index is 0.0966. The number of carbonyl (C=O) groups excluding carboxylic acids is 1. The number of hydrogen-bond acceptors (Lipinski definition) is 6. The first-order valence-electron chi connectivity index (χ1n) is 9.13. The number of ether oxygens (including phenoxy) is 1. The Hall–Kier alpha value is -3.37. The van der Waals surface area contributed by atoms with Gasteiger partial charge < -0.3 is 14.1 Å². The van der Waals surface area contributed by atoms with Crippen molar-refractivity contribution in [1.29, 1.82) is 5.26 Å². The molecule has 2 aromatic carbocycles. The average Bonchev–Trinajstić information content (AvgIpc) is 3.49. The van der Waals surface area contributed by atoms with Crippen molar-refractivity contribution in [2.24, 2.45) is 0 Å². The number of aromatic nitrogens is 2. The van der Waals surface area contributed by atoms with Crippen molar-refractivity contribution in [3.63, 3.8) is 0 Å². The fraction of sp³-hybridized carbons (Fsp3) is 0.238. The number of benzene rings is 2. The first-order chi connectivity index (χ1) is 14.1. The van der Waals surface area contributed by atoms with Crippen molar-refractivity contribution >= 4 is 17.5 Å². The van der Waals surface area contributed by atoms with Crippen molar-refractivity contribution in [3.8, 4) is 23.3 Å². The van der Waals surface area contributed by atoms with E-state index < -0.39 is 0 Å². The molecule has 1 heterocycles. The van der Waals surface area contributed by atoms with Crippen LogP contribution in [0.3, 0.4) is 0 Å². The highest BCUT2D eigenvalue weighted by Crippen LogP contribution is 2.29. The van der Waals surface area contributed by atoms with Gasteiger partial charge in [0.1, 0.15) is 5.75 Å². The Bertz CT molecular complexity index is 1040. The molecule has 0 atom stereocenters. The zero-order valence-electron chi connectivity index (χ0n) is 15.4. The van der Waals surface area contributed by atoms with Crippen molar-refractivity contribution in [2.75, 3.05) is 6.61 Å². The lowest BCUT2D eigenvalue weighted by Gasteiger charge is -2.20. The molecule has 0 unspecified atom stereocenters. The largest absolute Gasteiger partial charge is 0.484 e. The monoisotopic (exact) mass is 408 g/mol. The standard InChI is InChI=1S/C21H17ClN4O3/c22-16-5-3-15(4-6-16)21-25-24-19(29-21)12-26(17-7-8-17)20(27)13-28-18-9-1-14(11-23)2-10-18/h1-6,9-10,17H,7-8,12-13H2. The maximum atomic E-state index is 12.7. The lowest BCUT2D eigenvalue weighted by molar-refractivity contribution is -0.134. The highest BCUT2D eigenvalue weighted by Gasteiger charge is 2.34. The summed E-state index contributed by atoms with van der Waals surface area (Å²) in [6, 6.07) is 15.9. The highest BCUT2D eigenvalue weighted by molar-refractivity contribution is 6.30. The molecule has 1 aliphatic rings. The molecule has 0 saturated heterocycles. The van der Waals surface area contributed by atoms with E-state index in [1.165, 1.54) is 0 Å². The highest BCUT2D eigenvalue weighted by atomic mass is 35.5. The zero-order chi connectivity index (χ0) is 20.2. The van der Waals surface area contributed by atoms with Crippen molar-refractivity contribution < 1.29 is 13.9 Å². The first-order valence-corrected chi connectivity index (χ1v) is 9.51. The van der Waals surface area contributed by atoms with E-state index >= 15 is 0 Å². The molecular weight excluding hydrogens is 392 g/mol. The molecule has 1 amide bonds. The van der Waals surface area contributed by atoms with Crippen LogP contribution in [0, 0.1) is 11.3 Å². The SMILES string of the molecule is N#Cc1ccc(OCC(=O)N(Cc2nnc(-c3ccc(Cl)cc3)o2)C2CC2)cc1. The van der Waals surface area contributed by atoms with Gasteiger partial charge >= 0.3 is 0 Å². The normalized spacial score (nSPS) is 13.0. The molecule has 0 bridgehead atoms. The fourth-order valence-corrected chi connectivity index (χ4v) is 2.96. The third kappa shape index (κ3) is 4.73. The number of rotatable bonds is 7.